The molecule has 0 rings (SSSR count). The van der Waals surface area contributed by atoms with Crippen molar-refractivity contribution in [2.24, 2.45) is 0 Å². The van der Waals surface area contributed by atoms with E-state index in [1.807, 2.05) is 27.2 Å². The van der Waals surface area contributed by atoms with Crippen molar-refractivity contribution in [1.82, 2.24) is 5.32 Å². The molecule has 0 heterocycles. The number of carbonyl (C=O) groups is 1. The fourth-order valence-corrected chi connectivity index (χ4v) is 8.91. The van der Waals surface area contributed by atoms with Gasteiger partial charge in [0, 0.05) is 6.42 Å². The van der Waals surface area contributed by atoms with Crippen molar-refractivity contribution in [3.05, 3.63) is 122 Å². The molecule has 0 aromatic heterocycles. The molecule has 0 bridgehead atoms. The lowest BCUT2D eigenvalue weighted by molar-refractivity contribution is -0.870. The number of nitrogens with zero attached hydrogens (tertiary/aromatic N) is 1. The first-order chi connectivity index (χ1) is 36.5. The quantitative estimate of drug-likeness (QED) is 0.0272. The summed E-state index contributed by atoms with van der Waals surface area (Å²) in [6.07, 6.45) is 82.9. The van der Waals surface area contributed by atoms with E-state index in [9.17, 15) is 19.4 Å². The zero-order valence-corrected chi connectivity index (χ0v) is 49.8. The normalized spacial score (nSPS) is 14.7. The van der Waals surface area contributed by atoms with Crippen molar-refractivity contribution in [2.75, 3.05) is 40.9 Å². The van der Waals surface area contributed by atoms with Gasteiger partial charge in [0.15, 0.2) is 0 Å². The molecule has 1 amide bonds. The van der Waals surface area contributed by atoms with Crippen molar-refractivity contribution in [3.63, 3.8) is 0 Å². The number of quaternary nitrogens is 1. The Labute approximate surface area is 463 Å². The van der Waals surface area contributed by atoms with Gasteiger partial charge < -0.3 is 28.8 Å². The summed E-state index contributed by atoms with van der Waals surface area (Å²) < 4.78 is 23.3. The topological polar surface area (TPSA) is 108 Å². The summed E-state index contributed by atoms with van der Waals surface area (Å²) in [4.78, 5) is 25.5. The molecule has 0 aliphatic heterocycles. The van der Waals surface area contributed by atoms with Gasteiger partial charge in [0.1, 0.15) is 13.2 Å². The van der Waals surface area contributed by atoms with E-state index in [2.05, 4.69) is 129 Å². The molecule has 3 atom stereocenters. The number of nitrogens with one attached hydrogen (secondary N) is 1. The number of hydrogen-bond donors (Lipinski definition) is 2. The third-order valence-electron chi connectivity index (χ3n) is 12.9. The SMILES string of the molecule is CC/C=C\C/C=C\C/C=C\C/C=C\C/C=C\C/C=C\C/C=C\C/C=C\CCCCC(=O)NC(COP(=O)([O-])OCC[N+](C)(C)C)C(O)/C=C/CC/C=C/CCCCCCCCCCCCCCCCCCCCCC. The van der Waals surface area contributed by atoms with Crippen molar-refractivity contribution in [2.45, 2.75) is 251 Å². The second-order valence-electron chi connectivity index (χ2n) is 21.3. The first-order valence-corrected chi connectivity index (χ1v) is 31.9. The van der Waals surface area contributed by atoms with Crippen LogP contribution in [0, 0.1) is 0 Å². The zero-order valence-electron chi connectivity index (χ0n) is 49.0. The molecule has 0 aliphatic rings. The summed E-state index contributed by atoms with van der Waals surface area (Å²) in [6.45, 7) is 4.48. The Morgan fingerprint density at radius 2 is 0.827 bits per heavy atom. The molecule has 430 valence electrons. The molecule has 0 spiro atoms. The lowest BCUT2D eigenvalue weighted by atomic mass is 10.0. The van der Waals surface area contributed by atoms with E-state index in [1.54, 1.807) is 6.08 Å². The van der Waals surface area contributed by atoms with Crippen LogP contribution >= 0.6 is 7.82 Å². The maximum Gasteiger partial charge on any atom is 0.268 e. The number of phosphoric ester groups is 1. The molecule has 0 fully saturated rings. The van der Waals surface area contributed by atoms with Gasteiger partial charge in [-0.1, -0.05) is 257 Å². The van der Waals surface area contributed by atoms with Crippen molar-refractivity contribution >= 4 is 13.7 Å². The Morgan fingerprint density at radius 3 is 1.24 bits per heavy atom. The van der Waals surface area contributed by atoms with Gasteiger partial charge in [0.2, 0.25) is 5.91 Å². The minimum atomic E-state index is -4.63. The summed E-state index contributed by atoms with van der Waals surface area (Å²) in [7, 11) is 1.20. The third kappa shape index (κ3) is 58.4. The predicted octanol–water partition coefficient (Wildman–Crippen LogP) is 18.3. The Balaban J connectivity index is 4.36. The van der Waals surface area contributed by atoms with Gasteiger partial charge in [-0.25, -0.2) is 0 Å². The molecular formula is C66H115N2O6P. The van der Waals surface area contributed by atoms with Crippen LogP contribution in [0.5, 0.6) is 0 Å². The first kappa shape index (κ1) is 71.9. The Bertz CT molecular complexity index is 1630. The highest BCUT2D eigenvalue weighted by atomic mass is 31.2. The number of carbonyl (C=O) groups excluding carboxylic acids is 1. The average molecular weight is 1060 g/mol. The van der Waals surface area contributed by atoms with Crippen LogP contribution in [0.15, 0.2) is 122 Å². The van der Waals surface area contributed by atoms with E-state index >= 15 is 0 Å². The highest BCUT2D eigenvalue weighted by molar-refractivity contribution is 7.45. The monoisotopic (exact) mass is 1060 g/mol. The Hall–Kier alpha value is -3.10. The van der Waals surface area contributed by atoms with E-state index in [-0.39, 0.29) is 18.9 Å². The Morgan fingerprint density at radius 1 is 0.480 bits per heavy atom. The van der Waals surface area contributed by atoms with Crippen LogP contribution in [0.2, 0.25) is 0 Å². The van der Waals surface area contributed by atoms with Crippen LogP contribution in [0.3, 0.4) is 0 Å². The number of hydrogen-bond acceptors (Lipinski definition) is 6. The molecule has 0 saturated carbocycles. The van der Waals surface area contributed by atoms with E-state index < -0.39 is 26.6 Å². The van der Waals surface area contributed by atoms with Crippen LogP contribution in [-0.4, -0.2) is 68.5 Å². The molecule has 9 heteroatoms. The number of aliphatic hydroxyl groups is 1. The fraction of sp³-hybridized carbons (Fsp3) is 0.682. The summed E-state index contributed by atoms with van der Waals surface area (Å²) >= 11 is 0. The molecular weight excluding hydrogens is 948 g/mol. The standard InChI is InChI=1S/C66H115N2O6P/c1-6-8-10-12-14-16-18-20-22-24-26-28-30-32-34-36-38-40-42-44-46-48-50-52-54-56-58-60-66(70)67-64(63-74-75(71,72)73-62-61-68(3,4)5)65(69)59-57-55-53-51-49-47-45-43-41-39-37-35-33-31-29-27-25-23-21-19-17-15-13-11-9-7-2/h8,10,14,16,20,22,26,28,32,34,38,40,44,46,49-52,57,59,64-65,69H,6-7,9,11-13,15,17-19,21,23-25,27,29-31,33,35-37,39,41-43,45,47-48,53-56,58,60-63H2,1-5H3,(H-,67,70,71,72)/b10-8-,16-14-,22-20-,28-26-,34-32-,40-38-,46-44-,51-49+,52-50-,59-57+. The lowest BCUT2D eigenvalue weighted by Gasteiger charge is -2.29. The van der Waals surface area contributed by atoms with E-state index in [1.165, 1.54) is 128 Å². The van der Waals surface area contributed by atoms with Gasteiger partial charge in [-0.15, -0.1) is 0 Å². The minimum absolute atomic E-state index is 0.0219. The van der Waals surface area contributed by atoms with Gasteiger partial charge >= 0.3 is 0 Å². The van der Waals surface area contributed by atoms with Gasteiger partial charge in [0.25, 0.3) is 7.82 Å². The first-order valence-electron chi connectivity index (χ1n) is 30.4. The molecule has 0 saturated heterocycles. The molecule has 0 aromatic rings. The number of amides is 1. The number of likely N-dealkylation sites (N-methyl/N-ethyl adjacent to an activating group) is 1. The van der Waals surface area contributed by atoms with E-state index in [4.69, 9.17) is 9.05 Å². The fourth-order valence-electron chi connectivity index (χ4n) is 8.18. The molecule has 8 nitrogen and oxygen atoms in total. The highest BCUT2D eigenvalue weighted by Crippen LogP contribution is 2.38. The van der Waals surface area contributed by atoms with Gasteiger partial charge in [-0.05, 0) is 96.3 Å². The van der Waals surface area contributed by atoms with Crippen molar-refractivity contribution in [3.8, 4) is 0 Å². The minimum Gasteiger partial charge on any atom is -0.756 e. The predicted molar refractivity (Wildman–Crippen MR) is 325 cm³/mol. The molecule has 75 heavy (non-hydrogen) atoms. The second-order valence-corrected chi connectivity index (χ2v) is 22.7. The van der Waals surface area contributed by atoms with Crippen molar-refractivity contribution in [1.29, 1.82) is 0 Å². The maximum absolute atomic E-state index is 13.0. The molecule has 0 radical (unpaired) electrons. The average Bonchev–Trinajstić information content (AvgIpc) is 3.37. The van der Waals surface area contributed by atoms with Crippen LogP contribution in [0.4, 0.5) is 0 Å². The number of rotatable bonds is 54. The van der Waals surface area contributed by atoms with Gasteiger partial charge in [0.05, 0.1) is 39.9 Å². The lowest BCUT2D eigenvalue weighted by Crippen LogP contribution is -2.45. The van der Waals surface area contributed by atoms with E-state index in [0.29, 0.717) is 17.4 Å². The number of unbranched alkanes of at least 4 members (excludes halogenated alkanes) is 23. The largest absolute Gasteiger partial charge is 0.756 e. The summed E-state index contributed by atoms with van der Waals surface area (Å²) in [5.41, 5.74) is 0. The maximum atomic E-state index is 13.0. The number of allylic oxidation sites excluding steroid dienone is 19. The molecule has 3 unspecified atom stereocenters. The van der Waals surface area contributed by atoms with Crippen LogP contribution in [0.25, 0.3) is 0 Å². The van der Waals surface area contributed by atoms with Crippen LogP contribution < -0.4 is 10.2 Å². The van der Waals surface area contributed by atoms with Crippen LogP contribution in [-0.2, 0) is 18.4 Å². The molecule has 0 aromatic carbocycles. The van der Waals surface area contributed by atoms with Crippen molar-refractivity contribution < 1.29 is 32.9 Å². The smallest absolute Gasteiger partial charge is 0.268 e. The molecule has 2 N–H and O–H groups in total. The van der Waals surface area contributed by atoms with Gasteiger partial charge in [-0.3, -0.25) is 9.36 Å². The summed E-state index contributed by atoms with van der Waals surface area (Å²) in [5.74, 6) is -0.253. The number of phosphoric acid groups is 1. The summed E-state index contributed by atoms with van der Waals surface area (Å²) in [6, 6.07) is -0.938. The zero-order chi connectivity index (χ0) is 54.9. The highest BCUT2D eigenvalue weighted by Gasteiger charge is 2.23. The Kier molecular flexibility index (Phi) is 53.3. The van der Waals surface area contributed by atoms with Gasteiger partial charge in [-0.2, -0.15) is 0 Å². The van der Waals surface area contributed by atoms with E-state index in [0.717, 1.165) is 83.5 Å². The van der Waals surface area contributed by atoms with Crippen LogP contribution in [0.1, 0.15) is 239 Å². The third-order valence-corrected chi connectivity index (χ3v) is 13.9. The second kappa shape index (κ2) is 55.6. The summed E-state index contributed by atoms with van der Waals surface area (Å²) in [5, 5.41) is 13.9. The molecule has 0 aliphatic carbocycles. The number of aliphatic hydroxyl groups excluding tert-OH is 1.